The molecule has 0 aliphatic heterocycles. The third kappa shape index (κ3) is 3.44. The van der Waals surface area contributed by atoms with Crippen molar-refractivity contribution in [1.29, 1.82) is 0 Å². The average Bonchev–Trinajstić information content (AvgIpc) is 2.42. The van der Waals surface area contributed by atoms with Gasteiger partial charge in [-0.3, -0.25) is 0 Å². The number of pyridine rings is 1. The molecule has 0 saturated carbocycles. The molecule has 0 saturated heterocycles. The molecule has 5 nitrogen and oxygen atoms in total. The zero-order valence-corrected chi connectivity index (χ0v) is 10.6. The molecule has 1 heterocycles. The van der Waals surface area contributed by atoms with E-state index in [0.29, 0.717) is 18.8 Å². The Labute approximate surface area is 115 Å². The molecule has 2 rings (SSSR count). The van der Waals surface area contributed by atoms with E-state index in [2.05, 4.69) is 10.3 Å². The zero-order valence-electron chi connectivity index (χ0n) is 10.6. The number of carboxylic acids is 1. The lowest BCUT2D eigenvalue weighted by Gasteiger charge is -2.07. The number of benzene rings is 1. The standard InChI is InChI=1S/C14H14FN3O2/c15-10-3-1-9(2-4-10)5-6-17-13-7-11(14(19)20)12(16)8-18-13/h1-4,7-8H,5-6,16H2,(H,17,18)(H,19,20). The Bertz CT molecular complexity index is 614. The van der Waals surface area contributed by atoms with Gasteiger partial charge in [0.1, 0.15) is 11.6 Å². The summed E-state index contributed by atoms with van der Waals surface area (Å²) in [4.78, 5) is 14.9. The fraction of sp³-hybridized carbons (Fsp3) is 0.143. The van der Waals surface area contributed by atoms with Gasteiger partial charge >= 0.3 is 5.97 Å². The highest BCUT2D eigenvalue weighted by Crippen LogP contribution is 2.14. The Kier molecular flexibility index (Phi) is 4.14. The molecule has 0 amide bonds. The minimum absolute atomic E-state index is 0.0179. The van der Waals surface area contributed by atoms with Crippen molar-refractivity contribution >= 4 is 17.5 Å². The van der Waals surface area contributed by atoms with Crippen molar-refractivity contribution in [2.24, 2.45) is 0 Å². The Morgan fingerprint density at radius 1 is 1.35 bits per heavy atom. The first kappa shape index (κ1) is 13.8. The molecule has 0 radical (unpaired) electrons. The van der Waals surface area contributed by atoms with Crippen LogP contribution in [-0.2, 0) is 6.42 Å². The Balaban J connectivity index is 1.96. The molecule has 0 spiro atoms. The maximum Gasteiger partial charge on any atom is 0.337 e. The van der Waals surface area contributed by atoms with Crippen LogP contribution in [0.4, 0.5) is 15.9 Å². The molecule has 1 aromatic heterocycles. The number of aromatic carboxylic acids is 1. The summed E-state index contributed by atoms with van der Waals surface area (Å²) in [6.45, 7) is 0.557. The van der Waals surface area contributed by atoms with Crippen LogP contribution in [0.2, 0.25) is 0 Å². The van der Waals surface area contributed by atoms with Crippen LogP contribution in [0.15, 0.2) is 36.5 Å². The summed E-state index contributed by atoms with van der Waals surface area (Å²) >= 11 is 0. The van der Waals surface area contributed by atoms with Crippen molar-refractivity contribution in [3.8, 4) is 0 Å². The summed E-state index contributed by atoms with van der Waals surface area (Å²) in [5.74, 6) is -0.918. The van der Waals surface area contributed by atoms with Gasteiger partial charge in [-0.25, -0.2) is 14.2 Å². The molecule has 104 valence electrons. The molecule has 1 aromatic carbocycles. The summed E-state index contributed by atoms with van der Waals surface area (Å²) in [6.07, 6.45) is 1.98. The van der Waals surface area contributed by atoms with Crippen LogP contribution in [0, 0.1) is 5.82 Å². The van der Waals surface area contributed by atoms with Gasteiger partial charge < -0.3 is 16.2 Å². The average molecular weight is 275 g/mol. The highest BCUT2D eigenvalue weighted by molar-refractivity contribution is 5.94. The lowest BCUT2D eigenvalue weighted by Crippen LogP contribution is -2.09. The second-order valence-corrected chi connectivity index (χ2v) is 4.27. The van der Waals surface area contributed by atoms with Crippen molar-refractivity contribution in [1.82, 2.24) is 4.98 Å². The van der Waals surface area contributed by atoms with Crippen LogP contribution in [0.3, 0.4) is 0 Å². The Morgan fingerprint density at radius 3 is 2.70 bits per heavy atom. The van der Waals surface area contributed by atoms with E-state index in [-0.39, 0.29) is 17.1 Å². The summed E-state index contributed by atoms with van der Waals surface area (Å²) in [5.41, 5.74) is 6.64. The maximum atomic E-state index is 12.7. The first-order chi connectivity index (χ1) is 9.56. The summed E-state index contributed by atoms with van der Waals surface area (Å²) < 4.78 is 12.7. The summed E-state index contributed by atoms with van der Waals surface area (Å²) in [5, 5.41) is 12.0. The van der Waals surface area contributed by atoms with Crippen LogP contribution in [0.5, 0.6) is 0 Å². The fourth-order valence-corrected chi connectivity index (χ4v) is 1.73. The summed E-state index contributed by atoms with van der Waals surface area (Å²) in [7, 11) is 0. The number of hydrogen-bond donors (Lipinski definition) is 3. The molecule has 0 aliphatic rings. The number of rotatable bonds is 5. The van der Waals surface area contributed by atoms with Gasteiger partial charge in [0.15, 0.2) is 0 Å². The topological polar surface area (TPSA) is 88.2 Å². The van der Waals surface area contributed by atoms with Gasteiger partial charge in [-0.15, -0.1) is 0 Å². The number of halogens is 1. The predicted octanol–water partition coefficient (Wildman–Crippen LogP) is 2.16. The van der Waals surface area contributed by atoms with E-state index in [4.69, 9.17) is 10.8 Å². The van der Waals surface area contributed by atoms with E-state index in [0.717, 1.165) is 5.56 Å². The lowest BCUT2D eigenvalue weighted by atomic mass is 10.1. The molecule has 0 fully saturated rings. The molecule has 0 aliphatic carbocycles. The number of nitrogens with zero attached hydrogens (tertiary/aromatic N) is 1. The number of hydrogen-bond acceptors (Lipinski definition) is 4. The van der Waals surface area contributed by atoms with Crippen molar-refractivity contribution in [2.75, 3.05) is 17.6 Å². The van der Waals surface area contributed by atoms with Gasteiger partial charge in [-0.05, 0) is 30.2 Å². The van der Waals surface area contributed by atoms with E-state index in [1.165, 1.54) is 24.4 Å². The monoisotopic (exact) mass is 275 g/mol. The molecular formula is C14H14FN3O2. The van der Waals surface area contributed by atoms with Crippen molar-refractivity contribution < 1.29 is 14.3 Å². The number of nitrogens with one attached hydrogen (secondary N) is 1. The van der Waals surface area contributed by atoms with Crippen LogP contribution in [0.1, 0.15) is 15.9 Å². The smallest absolute Gasteiger partial charge is 0.337 e. The number of aromatic nitrogens is 1. The van der Waals surface area contributed by atoms with E-state index >= 15 is 0 Å². The molecule has 2 aromatic rings. The zero-order chi connectivity index (χ0) is 14.5. The molecule has 0 atom stereocenters. The number of carbonyl (C=O) groups is 1. The number of nitrogen functional groups attached to an aromatic ring is 1. The Morgan fingerprint density at radius 2 is 2.05 bits per heavy atom. The van der Waals surface area contributed by atoms with Crippen LogP contribution < -0.4 is 11.1 Å². The minimum Gasteiger partial charge on any atom is -0.478 e. The second kappa shape index (κ2) is 6.01. The minimum atomic E-state index is -1.09. The molecule has 20 heavy (non-hydrogen) atoms. The van der Waals surface area contributed by atoms with Crippen LogP contribution in [-0.4, -0.2) is 22.6 Å². The van der Waals surface area contributed by atoms with E-state index in [1.54, 1.807) is 12.1 Å². The molecule has 4 N–H and O–H groups in total. The van der Waals surface area contributed by atoms with Crippen molar-refractivity contribution in [2.45, 2.75) is 6.42 Å². The van der Waals surface area contributed by atoms with E-state index in [1.807, 2.05) is 0 Å². The third-order valence-electron chi connectivity index (χ3n) is 2.80. The quantitative estimate of drug-likeness (QED) is 0.778. The van der Waals surface area contributed by atoms with E-state index < -0.39 is 5.97 Å². The first-order valence-corrected chi connectivity index (χ1v) is 6.03. The molecular weight excluding hydrogens is 261 g/mol. The van der Waals surface area contributed by atoms with E-state index in [9.17, 15) is 9.18 Å². The number of anilines is 2. The second-order valence-electron chi connectivity index (χ2n) is 4.27. The van der Waals surface area contributed by atoms with Gasteiger partial charge in [0.05, 0.1) is 17.4 Å². The fourth-order valence-electron chi connectivity index (χ4n) is 1.73. The SMILES string of the molecule is Nc1cnc(NCCc2ccc(F)cc2)cc1C(=O)O. The normalized spacial score (nSPS) is 10.2. The predicted molar refractivity (Wildman–Crippen MR) is 74.2 cm³/mol. The van der Waals surface area contributed by atoms with Crippen LogP contribution >= 0.6 is 0 Å². The van der Waals surface area contributed by atoms with Crippen molar-refractivity contribution in [3.05, 3.63) is 53.5 Å². The lowest BCUT2D eigenvalue weighted by molar-refractivity contribution is 0.0698. The van der Waals surface area contributed by atoms with Gasteiger partial charge in [0.25, 0.3) is 0 Å². The van der Waals surface area contributed by atoms with Gasteiger partial charge in [0.2, 0.25) is 0 Å². The van der Waals surface area contributed by atoms with Gasteiger partial charge in [0, 0.05) is 6.54 Å². The summed E-state index contributed by atoms with van der Waals surface area (Å²) in [6, 6.07) is 7.60. The highest BCUT2D eigenvalue weighted by atomic mass is 19.1. The third-order valence-corrected chi connectivity index (χ3v) is 2.80. The molecule has 0 unspecified atom stereocenters. The molecule has 6 heteroatoms. The van der Waals surface area contributed by atoms with Crippen LogP contribution in [0.25, 0.3) is 0 Å². The highest BCUT2D eigenvalue weighted by Gasteiger charge is 2.09. The molecule has 0 bridgehead atoms. The van der Waals surface area contributed by atoms with Gasteiger partial charge in [-0.2, -0.15) is 0 Å². The number of nitrogens with two attached hydrogens (primary N) is 1. The number of carboxylic acid groups (broad SMARTS) is 1. The van der Waals surface area contributed by atoms with Crippen molar-refractivity contribution in [3.63, 3.8) is 0 Å². The first-order valence-electron chi connectivity index (χ1n) is 6.03. The van der Waals surface area contributed by atoms with Gasteiger partial charge in [-0.1, -0.05) is 12.1 Å². The Hall–Kier alpha value is -2.63. The maximum absolute atomic E-state index is 12.7. The largest absolute Gasteiger partial charge is 0.478 e.